The predicted octanol–water partition coefficient (Wildman–Crippen LogP) is 0.405. The van der Waals surface area contributed by atoms with E-state index < -0.39 is 20.8 Å². The molecule has 0 amide bonds. The van der Waals surface area contributed by atoms with Gasteiger partial charge in [-0.1, -0.05) is 6.92 Å². The molecule has 1 rings (SSSR count). The van der Waals surface area contributed by atoms with E-state index in [2.05, 4.69) is 5.32 Å². The molecule has 0 fully saturated rings. The normalized spacial score (nSPS) is 13.2. The fourth-order valence-corrected chi connectivity index (χ4v) is 3.09. The average molecular weight is 305 g/mol. The van der Waals surface area contributed by atoms with Gasteiger partial charge in [-0.15, -0.1) is 0 Å². The average Bonchev–Trinajstić information content (AvgIpc) is 2.31. The van der Waals surface area contributed by atoms with E-state index in [1.807, 2.05) is 6.92 Å². The number of hydrogen-bond donors (Lipinski definition) is 3. The van der Waals surface area contributed by atoms with Crippen molar-refractivity contribution < 1.29 is 12.6 Å². The fraction of sp³-hybridized carbons (Fsp3) is 0.455. The Labute approximate surface area is 116 Å². The molecule has 0 radical (unpaired) electrons. The Hall–Kier alpha value is -1.12. The molecule has 0 saturated carbocycles. The highest BCUT2D eigenvalue weighted by Gasteiger charge is 2.15. The Balaban J connectivity index is 2.96. The van der Waals surface area contributed by atoms with Crippen LogP contribution in [0.4, 0.5) is 11.4 Å². The molecule has 6 nitrogen and oxygen atoms in total. The summed E-state index contributed by atoms with van der Waals surface area (Å²) in [5.41, 5.74) is 7.08. The lowest BCUT2D eigenvalue weighted by atomic mass is 10.2. The zero-order valence-corrected chi connectivity index (χ0v) is 12.6. The lowest BCUT2D eigenvalue weighted by Gasteiger charge is -2.13. The van der Waals surface area contributed by atoms with Gasteiger partial charge >= 0.3 is 0 Å². The van der Waals surface area contributed by atoms with Gasteiger partial charge in [0.25, 0.3) is 0 Å². The number of rotatable bonds is 6. The van der Waals surface area contributed by atoms with Crippen LogP contribution < -0.4 is 16.2 Å². The summed E-state index contributed by atoms with van der Waals surface area (Å²) in [6.45, 7) is 3.98. The summed E-state index contributed by atoms with van der Waals surface area (Å²) in [5.74, 6) is 1.09. The molecular formula is C11H19N3O3S2. The summed E-state index contributed by atoms with van der Waals surface area (Å²) >= 11 is 0. The molecule has 0 bridgehead atoms. The van der Waals surface area contributed by atoms with E-state index in [4.69, 9.17) is 10.9 Å². The van der Waals surface area contributed by atoms with Crippen LogP contribution in [0.1, 0.15) is 12.5 Å². The third-order valence-corrected chi connectivity index (χ3v) is 5.00. The van der Waals surface area contributed by atoms with Gasteiger partial charge in [0.15, 0.2) is 0 Å². The first-order valence-electron chi connectivity index (χ1n) is 5.77. The molecule has 0 saturated heterocycles. The van der Waals surface area contributed by atoms with E-state index in [1.165, 1.54) is 6.07 Å². The first-order valence-corrected chi connectivity index (χ1v) is 8.81. The topological polar surface area (TPSA) is 115 Å². The van der Waals surface area contributed by atoms with Crippen LogP contribution in [0.5, 0.6) is 0 Å². The highest BCUT2D eigenvalue weighted by molar-refractivity contribution is 7.89. The highest BCUT2D eigenvalue weighted by Crippen LogP contribution is 2.25. The fourth-order valence-electron chi connectivity index (χ4n) is 1.63. The van der Waals surface area contributed by atoms with Crippen molar-refractivity contribution in [2.75, 3.05) is 29.1 Å². The zero-order valence-electron chi connectivity index (χ0n) is 11.0. The van der Waals surface area contributed by atoms with Gasteiger partial charge in [-0.25, -0.2) is 13.6 Å². The molecule has 0 aliphatic carbocycles. The molecule has 0 heterocycles. The van der Waals surface area contributed by atoms with Crippen LogP contribution in [-0.4, -0.2) is 30.7 Å². The zero-order chi connectivity index (χ0) is 14.6. The minimum absolute atomic E-state index is 0.00612. The Morgan fingerprint density at radius 2 is 2.00 bits per heavy atom. The largest absolute Gasteiger partial charge is 0.399 e. The standard InChI is InChI=1S/C11H19N3O3S2/c1-3-18(15)5-4-14-10-6-9(12)7-11(8(10)2)19(13,16)17/h6-7,14H,3-5,12H2,1-2H3,(H2,13,16,17). The second-order valence-corrected chi connectivity index (χ2v) is 7.49. The predicted molar refractivity (Wildman–Crippen MR) is 79.0 cm³/mol. The molecule has 1 aromatic carbocycles. The smallest absolute Gasteiger partial charge is 0.238 e. The van der Waals surface area contributed by atoms with Crippen molar-refractivity contribution in [2.45, 2.75) is 18.7 Å². The van der Waals surface area contributed by atoms with Crippen LogP contribution >= 0.6 is 0 Å². The highest BCUT2D eigenvalue weighted by atomic mass is 32.2. The summed E-state index contributed by atoms with van der Waals surface area (Å²) in [7, 11) is -4.68. The molecule has 0 aliphatic rings. The summed E-state index contributed by atoms with van der Waals surface area (Å²) in [5, 5.41) is 8.17. The quantitative estimate of drug-likeness (QED) is 0.658. The van der Waals surface area contributed by atoms with E-state index in [0.29, 0.717) is 35.0 Å². The van der Waals surface area contributed by atoms with Crippen LogP contribution in [0.25, 0.3) is 0 Å². The van der Waals surface area contributed by atoms with Gasteiger partial charge in [-0.3, -0.25) is 4.21 Å². The number of nitrogen functional groups attached to an aromatic ring is 1. The number of anilines is 2. The second-order valence-electron chi connectivity index (χ2n) is 4.10. The molecule has 8 heteroatoms. The SMILES string of the molecule is CCS(=O)CCNc1cc(N)cc(S(N)(=O)=O)c1C. The first-order chi connectivity index (χ1) is 8.75. The third-order valence-electron chi connectivity index (χ3n) is 2.66. The molecule has 0 aliphatic heterocycles. The number of nitrogens with one attached hydrogen (secondary N) is 1. The maximum absolute atomic E-state index is 11.4. The van der Waals surface area contributed by atoms with Gasteiger partial charge in [0.2, 0.25) is 10.0 Å². The van der Waals surface area contributed by atoms with Crippen molar-refractivity contribution in [1.82, 2.24) is 0 Å². The Bertz CT molecular complexity index is 585. The Morgan fingerprint density at radius 1 is 1.37 bits per heavy atom. The Morgan fingerprint density at radius 3 is 2.53 bits per heavy atom. The van der Waals surface area contributed by atoms with E-state index in [-0.39, 0.29) is 4.90 Å². The number of nitrogens with two attached hydrogens (primary N) is 2. The van der Waals surface area contributed by atoms with Gasteiger partial charge < -0.3 is 11.1 Å². The number of hydrogen-bond acceptors (Lipinski definition) is 5. The first kappa shape index (κ1) is 15.9. The number of sulfonamides is 1. The summed E-state index contributed by atoms with van der Waals surface area (Å²) < 4.78 is 34.2. The third kappa shape index (κ3) is 4.48. The summed E-state index contributed by atoms with van der Waals surface area (Å²) in [4.78, 5) is 0.00612. The second kappa shape index (κ2) is 6.36. The van der Waals surface area contributed by atoms with Gasteiger partial charge in [0, 0.05) is 40.2 Å². The van der Waals surface area contributed by atoms with Crippen molar-refractivity contribution in [3.05, 3.63) is 17.7 Å². The molecule has 0 spiro atoms. The van der Waals surface area contributed by atoms with Crippen LogP contribution in [0.15, 0.2) is 17.0 Å². The van der Waals surface area contributed by atoms with Gasteiger partial charge in [-0.2, -0.15) is 0 Å². The summed E-state index contributed by atoms with van der Waals surface area (Å²) in [6, 6.07) is 2.97. The van der Waals surface area contributed by atoms with Crippen LogP contribution in [0.2, 0.25) is 0 Å². The molecular weight excluding hydrogens is 286 g/mol. The van der Waals surface area contributed by atoms with E-state index in [0.717, 1.165) is 0 Å². The van der Waals surface area contributed by atoms with Gasteiger partial charge in [0.1, 0.15) is 0 Å². The molecule has 1 unspecified atom stereocenters. The molecule has 1 atom stereocenters. The monoisotopic (exact) mass is 305 g/mol. The molecule has 108 valence electrons. The number of benzene rings is 1. The van der Waals surface area contributed by atoms with Gasteiger partial charge in [-0.05, 0) is 24.6 Å². The van der Waals surface area contributed by atoms with Crippen LogP contribution in [0.3, 0.4) is 0 Å². The van der Waals surface area contributed by atoms with Crippen molar-refractivity contribution in [2.24, 2.45) is 5.14 Å². The van der Waals surface area contributed by atoms with Crippen LogP contribution in [0, 0.1) is 6.92 Å². The molecule has 5 N–H and O–H groups in total. The maximum Gasteiger partial charge on any atom is 0.238 e. The van der Waals surface area contributed by atoms with Crippen molar-refractivity contribution in [3.63, 3.8) is 0 Å². The lowest BCUT2D eigenvalue weighted by molar-refractivity contribution is 0.597. The number of primary sulfonamides is 1. The molecule has 19 heavy (non-hydrogen) atoms. The molecule has 0 aromatic heterocycles. The van der Waals surface area contributed by atoms with Crippen molar-refractivity contribution >= 4 is 32.2 Å². The van der Waals surface area contributed by atoms with Crippen molar-refractivity contribution in [3.8, 4) is 0 Å². The Kier molecular flexibility index (Phi) is 5.33. The van der Waals surface area contributed by atoms with E-state index in [9.17, 15) is 12.6 Å². The summed E-state index contributed by atoms with van der Waals surface area (Å²) in [6.07, 6.45) is 0. The minimum atomic E-state index is -3.80. The lowest BCUT2D eigenvalue weighted by Crippen LogP contribution is -2.17. The van der Waals surface area contributed by atoms with Crippen molar-refractivity contribution in [1.29, 1.82) is 0 Å². The van der Waals surface area contributed by atoms with Crippen LogP contribution in [-0.2, 0) is 20.8 Å². The van der Waals surface area contributed by atoms with E-state index in [1.54, 1.807) is 13.0 Å². The van der Waals surface area contributed by atoms with E-state index >= 15 is 0 Å². The maximum atomic E-state index is 11.4. The minimum Gasteiger partial charge on any atom is -0.399 e. The van der Waals surface area contributed by atoms with Gasteiger partial charge in [0.05, 0.1) is 4.90 Å². The molecule has 1 aromatic rings.